The van der Waals surface area contributed by atoms with E-state index >= 15 is 0 Å². The third kappa shape index (κ3) is 1.81. The van der Waals surface area contributed by atoms with Gasteiger partial charge in [-0.15, -0.1) is 0 Å². The Bertz CT molecular complexity index is 376. The molecule has 0 saturated carbocycles. The van der Waals surface area contributed by atoms with E-state index in [-0.39, 0.29) is 0 Å². The first kappa shape index (κ1) is 11.1. The maximum atomic E-state index is 11.9. The average molecular weight is 222 g/mol. The van der Waals surface area contributed by atoms with Crippen LogP contribution in [0, 0.1) is 0 Å². The van der Waals surface area contributed by atoms with Gasteiger partial charge in [0.15, 0.2) is 6.29 Å². The Balaban J connectivity index is 2.04. The van der Waals surface area contributed by atoms with Crippen molar-refractivity contribution in [3.63, 3.8) is 0 Å². The summed E-state index contributed by atoms with van der Waals surface area (Å²) in [5.41, 5.74) is -0.912. The molecule has 0 N–H and O–H groups in total. The zero-order valence-corrected chi connectivity index (χ0v) is 9.30. The fourth-order valence-corrected chi connectivity index (χ4v) is 1.62. The molecule has 0 radical (unpaired) electrons. The smallest absolute Gasteiger partial charge is 0.349 e. The Morgan fingerprint density at radius 3 is 2.62 bits per heavy atom. The van der Waals surface area contributed by atoms with E-state index in [1.807, 2.05) is 25.1 Å². The second kappa shape index (κ2) is 4.23. The molecule has 16 heavy (non-hydrogen) atoms. The van der Waals surface area contributed by atoms with Gasteiger partial charge < -0.3 is 14.2 Å². The highest BCUT2D eigenvalue weighted by Gasteiger charge is 2.63. The minimum absolute atomic E-state index is 0.395. The van der Waals surface area contributed by atoms with Gasteiger partial charge in [-0.25, -0.2) is 4.79 Å². The van der Waals surface area contributed by atoms with Crippen molar-refractivity contribution in [1.82, 2.24) is 0 Å². The zero-order valence-electron chi connectivity index (χ0n) is 9.30. The topological polar surface area (TPSA) is 48.1 Å². The number of methoxy groups -OCH3 is 1. The van der Waals surface area contributed by atoms with Crippen molar-refractivity contribution in [3.05, 3.63) is 30.3 Å². The van der Waals surface area contributed by atoms with Crippen LogP contribution in [-0.4, -0.2) is 25.0 Å². The summed E-state index contributed by atoms with van der Waals surface area (Å²) in [5, 5.41) is 0. The lowest BCUT2D eigenvalue weighted by Crippen LogP contribution is -2.31. The Kier molecular flexibility index (Phi) is 2.94. The summed E-state index contributed by atoms with van der Waals surface area (Å²) in [6.45, 7) is 1.87. The van der Waals surface area contributed by atoms with Gasteiger partial charge in [0.25, 0.3) is 0 Å². The van der Waals surface area contributed by atoms with Crippen LogP contribution in [-0.2, 0) is 14.3 Å². The molecule has 1 heterocycles. The molecule has 2 atom stereocenters. The van der Waals surface area contributed by atoms with E-state index < -0.39 is 17.9 Å². The fourth-order valence-electron chi connectivity index (χ4n) is 1.62. The van der Waals surface area contributed by atoms with Crippen LogP contribution in [0.2, 0.25) is 0 Å². The van der Waals surface area contributed by atoms with Crippen LogP contribution in [0.4, 0.5) is 0 Å². The molecule has 1 aromatic rings. The van der Waals surface area contributed by atoms with Crippen molar-refractivity contribution in [2.75, 3.05) is 7.11 Å². The molecule has 1 aliphatic heterocycles. The summed E-state index contributed by atoms with van der Waals surface area (Å²) in [4.78, 5) is 11.9. The zero-order chi connectivity index (χ0) is 11.6. The number of benzene rings is 1. The minimum Gasteiger partial charge on any atom is -0.424 e. The van der Waals surface area contributed by atoms with E-state index in [0.29, 0.717) is 12.2 Å². The first-order valence-corrected chi connectivity index (χ1v) is 5.21. The van der Waals surface area contributed by atoms with E-state index in [1.165, 1.54) is 7.11 Å². The molecule has 0 spiro atoms. The lowest BCUT2D eigenvalue weighted by Gasteiger charge is -2.09. The van der Waals surface area contributed by atoms with Gasteiger partial charge in [-0.1, -0.05) is 25.1 Å². The molecule has 0 aromatic heterocycles. The van der Waals surface area contributed by atoms with Gasteiger partial charge in [0.1, 0.15) is 5.75 Å². The quantitative estimate of drug-likeness (QED) is 0.442. The van der Waals surface area contributed by atoms with Crippen LogP contribution in [0.1, 0.15) is 13.3 Å². The summed E-state index contributed by atoms with van der Waals surface area (Å²) in [7, 11) is 1.51. The van der Waals surface area contributed by atoms with Gasteiger partial charge in [0, 0.05) is 7.11 Å². The maximum absolute atomic E-state index is 11.9. The van der Waals surface area contributed by atoms with E-state index in [0.717, 1.165) is 0 Å². The van der Waals surface area contributed by atoms with Crippen LogP contribution < -0.4 is 4.74 Å². The molecule has 0 bridgehead atoms. The highest BCUT2D eigenvalue weighted by Crippen LogP contribution is 2.41. The van der Waals surface area contributed by atoms with E-state index in [1.54, 1.807) is 12.1 Å². The third-order valence-corrected chi connectivity index (χ3v) is 2.68. The molecule has 1 saturated heterocycles. The van der Waals surface area contributed by atoms with Crippen molar-refractivity contribution in [2.24, 2.45) is 0 Å². The number of ether oxygens (including phenoxy) is 3. The summed E-state index contributed by atoms with van der Waals surface area (Å²) >= 11 is 0. The van der Waals surface area contributed by atoms with Crippen LogP contribution in [0.15, 0.2) is 30.3 Å². The average Bonchev–Trinajstić information content (AvgIpc) is 3.05. The predicted molar refractivity (Wildman–Crippen MR) is 57.0 cm³/mol. The molecule has 2 unspecified atom stereocenters. The Labute approximate surface area is 94.1 Å². The fraction of sp³-hybridized carbons (Fsp3) is 0.417. The van der Waals surface area contributed by atoms with Crippen LogP contribution in [0.3, 0.4) is 0 Å². The van der Waals surface area contributed by atoms with Crippen LogP contribution in [0.25, 0.3) is 0 Å². The Hall–Kier alpha value is -1.39. The number of hydrogen-bond acceptors (Lipinski definition) is 4. The second-order valence-electron chi connectivity index (χ2n) is 3.63. The van der Waals surface area contributed by atoms with Crippen LogP contribution >= 0.6 is 0 Å². The number of carbonyl (C=O) groups excluding carboxylic acids is 1. The van der Waals surface area contributed by atoms with Crippen molar-refractivity contribution in [2.45, 2.75) is 25.2 Å². The summed E-state index contributed by atoms with van der Waals surface area (Å²) in [6.07, 6.45) is 0.0608. The summed E-state index contributed by atoms with van der Waals surface area (Å²) in [5.74, 6) is 0.124. The van der Waals surface area contributed by atoms with Gasteiger partial charge in [0.05, 0.1) is 0 Å². The van der Waals surface area contributed by atoms with Crippen LogP contribution in [0.5, 0.6) is 5.75 Å². The molecule has 0 amide bonds. The van der Waals surface area contributed by atoms with Gasteiger partial charge in [-0.05, 0) is 18.6 Å². The molecule has 0 aliphatic carbocycles. The summed E-state index contributed by atoms with van der Waals surface area (Å²) < 4.78 is 15.5. The number of rotatable bonds is 4. The molecule has 86 valence electrons. The molecular weight excluding hydrogens is 208 g/mol. The number of para-hydroxylation sites is 1. The highest BCUT2D eigenvalue weighted by molar-refractivity contribution is 5.84. The maximum Gasteiger partial charge on any atom is 0.349 e. The van der Waals surface area contributed by atoms with Crippen molar-refractivity contribution >= 4 is 5.97 Å². The van der Waals surface area contributed by atoms with Crippen molar-refractivity contribution in [3.8, 4) is 5.75 Å². The number of carbonyl (C=O) groups is 1. The number of epoxide rings is 1. The largest absolute Gasteiger partial charge is 0.424 e. The van der Waals surface area contributed by atoms with E-state index in [2.05, 4.69) is 0 Å². The molecule has 2 rings (SSSR count). The van der Waals surface area contributed by atoms with Crippen molar-refractivity contribution < 1.29 is 19.0 Å². The molecule has 1 aromatic carbocycles. The Morgan fingerprint density at radius 2 is 2.12 bits per heavy atom. The molecular formula is C12H14O4. The number of hydrogen-bond donors (Lipinski definition) is 0. The van der Waals surface area contributed by atoms with Gasteiger partial charge >= 0.3 is 5.97 Å². The molecule has 1 fully saturated rings. The normalized spacial score (nSPS) is 27.5. The standard InChI is InChI=1S/C12H14O4/c1-3-12(11(14-2)16-12)10(13)15-9-7-5-4-6-8-9/h4-8,11H,3H2,1-2H3. The third-order valence-electron chi connectivity index (χ3n) is 2.68. The van der Waals surface area contributed by atoms with Gasteiger partial charge in [-0.3, -0.25) is 0 Å². The molecule has 4 nitrogen and oxygen atoms in total. The Morgan fingerprint density at radius 1 is 1.44 bits per heavy atom. The predicted octanol–water partition coefficient (Wildman–Crippen LogP) is 1.74. The SMILES string of the molecule is CCC1(C(=O)Oc2ccccc2)OC1OC. The molecule has 4 heteroatoms. The van der Waals surface area contributed by atoms with E-state index in [4.69, 9.17) is 14.2 Å². The first-order valence-electron chi connectivity index (χ1n) is 5.21. The lowest BCUT2D eigenvalue weighted by atomic mass is 10.1. The second-order valence-corrected chi connectivity index (χ2v) is 3.63. The van der Waals surface area contributed by atoms with Gasteiger partial charge in [-0.2, -0.15) is 0 Å². The minimum atomic E-state index is -0.912. The monoisotopic (exact) mass is 222 g/mol. The lowest BCUT2D eigenvalue weighted by molar-refractivity contribution is -0.140. The molecule has 1 aliphatic rings. The summed E-state index contributed by atoms with van der Waals surface area (Å²) in [6, 6.07) is 8.93. The number of esters is 1. The van der Waals surface area contributed by atoms with Crippen molar-refractivity contribution in [1.29, 1.82) is 0 Å². The first-order chi connectivity index (χ1) is 7.73. The highest BCUT2D eigenvalue weighted by atomic mass is 16.8. The van der Waals surface area contributed by atoms with Gasteiger partial charge in [0.2, 0.25) is 5.60 Å². The van der Waals surface area contributed by atoms with E-state index in [9.17, 15) is 4.79 Å².